The first-order chi connectivity index (χ1) is 8.13. The predicted molar refractivity (Wildman–Crippen MR) is 68.7 cm³/mol. The Balaban J connectivity index is 1.97. The van der Waals surface area contributed by atoms with Gasteiger partial charge >= 0.3 is 0 Å². The Morgan fingerprint density at radius 1 is 1.53 bits per heavy atom. The predicted octanol–water partition coefficient (Wildman–Crippen LogP) is 2.62. The lowest BCUT2D eigenvalue weighted by Crippen LogP contribution is -2.42. The Labute approximate surface area is 107 Å². The summed E-state index contributed by atoms with van der Waals surface area (Å²) in [6.45, 7) is 4.60. The average molecular weight is 256 g/mol. The smallest absolute Gasteiger partial charge is 0.137 e. The van der Waals surface area contributed by atoms with Crippen LogP contribution in [0, 0.1) is 0 Å². The van der Waals surface area contributed by atoms with Gasteiger partial charge in [0.15, 0.2) is 0 Å². The highest BCUT2D eigenvalue weighted by atomic mass is 35.5. The summed E-state index contributed by atoms with van der Waals surface area (Å²) in [5.41, 5.74) is 1.25. The van der Waals surface area contributed by atoms with E-state index in [0.29, 0.717) is 10.8 Å². The molecule has 2 rings (SSSR count). The van der Waals surface area contributed by atoms with Crippen LogP contribution in [0.25, 0.3) is 0 Å². The van der Waals surface area contributed by atoms with Crippen LogP contribution in [-0.2, 0) is 11.3 Å². The maximum absolute atomic E-state index is 6.08. The molecule has 0 spiro atoms. The number of rotatable bonds is 4. The van der Waals surface area contributed by atoms with Crippen molar-refractivity contribution in [2.24, 2.45) is 0 Å². The van der Waals surface area contributed by atoms with Gasteiger partial charge in [-0.05, 0) is 31.0 Å². The summed E-state index contributed by atoms with van der Waals surface area (Å²) in [4.78, 5) is 0. The minimum Gasteiger partial charge on any atom is -0.495 e. The van der Waals surface area contributed by atoms with E-state index >= 15 is 0 Å². The van der Waals surface area contributed by atoms with Crippen LogP contribution in [0.1, 0.15) is 18.9 Å². The summed E-state index contributed by atoms with van der Waals surface area (Å²) < 4.78 is 10.5. The lowest BCUT2D eigenvalue weighted by Gasteiger charge is -2.23. The molecule has 1 aromatic rings. The van der Waals surface area contributed by atoms with Gasteiger partial charge in [0.1, 0.15) is 5.75 Å². The van der Waals surface area contributed by atoms with Crippen LogP contribution in [0.3, 0.4) is 0 Å². The van der Waals surface area contributed by atoms with Crippen LogP contribution in [-0.4, -0.2) is 25.9 Å². The molecule has 0 aromatic heterocycles. The zero-order valence-electron chi connectivity index (χ0n) is 10.3. The fourth-order valence-corrected chi connectivity index (χ4v) is 2.22. The average Bonchev–Trinajstić information content (AvgIpc) is 2.74. The van der Waals surface area contributed by atoms with Crippen molar-refractivity contribution in [2.75, 3.05) is 20.3 Å². The van der Waals surface area contributed by atoms with Gasteiger partial charge in [0.25, 0.3) is 0 Å². The molecule has 0 aliphatic carbocycles. The van der Waals surface area contributed by atoms with Gasteiger partial charge in [-0.15, -0.1) is 0 Å². The summed E-state index contributed by atoms with van der Waals surface area (Å²) in [5, 5.41) is 4.17. The second-order valence-corrected chi connectivity index (χ2v) is 5.09. The molecule has 0 radical (unpaired) electrons. The van der Waals surface area contributed by atoms with E-state index in [0.717, 1.165) is 31.7 Å². The van der Waals surface area contributed by atoms with E-state index in [1.54, 1.807) is 7.11 Å². The van der Waals surface area contributed by atoms with Crippen LogP contribution in [0.15, 0.2) is 18.2 Å². The molecule has 1 unspecified atom stereocenters. The Morgan fingerprint density at radius 2 is 2.35 bits per heavy atom. The van der Waals surface area contributed by atoms with Gasteiger partial charge in [-0.3, -0.25) is 0 Å². The summed E-state index contributed by atoms with van der Waals surface area (Å²) >= 11 is 6.08. The molecule has 3 nitrogen and oxygen atoms in total. The lowest BCUT2D eigenvalue weighted by atomic mass is 10.0. The molecule has 0 saturated carbocycles. The third-order valence-electron chi connectivity index (χ3n) is 3.15. The Hall–Kier alpha value is -0.770. The summed E-state index contributed by atoms with van der Waals surface area (Å²) in [6.07, 6.45) is 1.05. The molecule has 1 saturated heterocycles. The van der Waals surface area contributed by atoms with Gasteiger partial charge in [-0.25, -0.2) is 0 Å². The largest absolute Gasteiger partial charge is 0.495 e. The van der Waals surface area contributed by atoms with E-state index in [1.807, 2.05) is 18.2 Å². The third kappa shape index (κ3) is 3.12. The zero-order chi connectivity index (χ0) is 12.3. The van der Waals surface area contributed by atoms with Gasteiger partial charge in [-0.1, -0.05) is 17.7 Å². The topological polar surface area (TPSA) is 30.5 Å². The van der Waals surface area contributed by atoms with Crippen molar-refractivity contribution in [1.29, 1.82) is 0 Å². The maximum atomic E-state index is 6.08. The van der Waals surface area contributed by atoms with Crippen LogP contribution < -0.4 is 10.1 Å². The molecule has 1 atom stereocenters. The minimum absolute atomic E-state index is 0.0897. The quantitative estimate of drug-likeness (QED) is 0.897. The number of hydrogen-bond donors (Lipinski definition) is 1. The van der Waals surface area contributed by atoms with Crippen molar-refractivity contribution in [3.8, 4) is 5.75 Å². The number of nitrogens with one attached hydrogen (secondary N) is 1. The Bertz CT molecular complexity index is 389. The minimum atomic E-state index is 0.0897. The highest BCUT2D eigenvalue weighted by molar-refractivity contribution is 6.32. The molecule has 1 fully saturated rings. The molecule has 1 aliphatic rings. The highest BCUT2D eigenvalue weighted by Gasteiger charge is 2.28. The number of halogens is 1. The van der Waals surface area contributed by atoms with E-state index in [4.69, 9.17) is 21.1 Å². The Morgan fingerprint density at radius 3 is 2.94 bits per heavy atom. The SMILES string of the molecule is COc1ccc(CNC2(C)CCOC2)cc1Cl. The van der Waals surface area contributed by atoms with Crippen molar-refractivity contribution in [1.82, 2.24) is 5.32 Å². The van der Waals surface area contributed by atoms with Gasteiger partial charge in [0, 0.05) is 18.7 Å². The molecular formula is C13H18ClNO2. The van der Waals surface area contributed by atoms with Crippen LogP contribution in [0.2, 0.25) is 5.02 Å². The van der Waals surface area contributed by atoms with Gasteiger partial charge in [0.05, 0.1) is 18.7 Å². The van der Waals surface area contributed by atoms with Gasteiger partial charge in [0.2, 0.25) is 0 Å². The molecule has 94 valence electrons. The van der Waals surface area contributed by atoms with Crippen molar-refractivity contribution < 1.29 is 9.47 Å². The fraction of sp³-hybridized carbons (Fsp3) is 0.538. The molecule has 1 N–H and O–H groups in total. The van der Waals surface area contributed by atoms with Gasteiger partial charge < -0.3 is 14.8 Å². The highest BCUT2D eigenvalue weighted by Crippen LogP contribution is 2.25. The second kappa shape index (κ2) is 5.25. The molecule has 1 heterocycles. The monoisotopic (exact) mass is 255 g/mol. The van der Waals surface area contributed by atoms with Crippen LogP contribution in [0.4, 0.5) is 0 Å². The summed E-state index contributed by atoms with van der Waals surface area (Å²) in [7, 11) is 1.62. The summed E-state index contributed by atoms with van der Waals surface area (Å²) in [5.74, 6) is 0.714. The first-order valence-corrected chi connectivity index (χ1v) is 6.16. The van der Waals surface area contributed by atoms with Crippen molar-refractivity contribution in [3.63, 3.8) is 0 Å². The summed E-state index contributed by atoms with van der Waals surface area (Å²) in [6, 6.07) is 5.86. The molecule has 1 aliphatic heterocycles. The second-order valence-electron chi connectivity index (χ2n) is 4.69. The van der Waals surface area contributed by atoms with Crippen LogP contribution in [0.5, 0.6) is 5.75 Å². The van der Waals surface area contributed by atoms with Crippen molar-refractivity contribution in [2.45, 2.75) is 25.4 Å². The van der Waals surface area contributed by atoms with E-state index in [-0.39, 0.29) is 5.54 Å². The van der Waals surface area contributed by atoms with Crippen LogP contribution >= 0.6 is 11.6 Å². The Kier molecular flexibility index (Phi) is 3.92. The number of ether oxygens (including phenoxy) is 2. The number of methoxy groups -OCH3 is 1. The van der Waals surface area contributed by atoms with Crippen molar-refractivity contribution in [3.05, 3.63) is 28.8 Å². The van der Waals surface area contributed by atoms with E-state index < -0.39 is 0 Å². The normalized spacial score (nSPS) is 23.9. The number of hydrogen-bond acceptors (Lipinski definition) is 3. The maximum Gasteiger partial charge on any atom is 0.137 e. The lowest BCUT2D eigenvalue weighted by molar-refractivity contribution is 0.171. The fourth-order valence-electron chi connectivity index (χ4n) is 1.94. The third-order valence-corrected chi connectivity index (χ3v) is 3.45. The molecule has 1 aromatic carbocycles. The molecule has 17 heavy (non-hydrogen) atoms. The van der Waals surface area contributed by atoms with E-state index in [1.165, 1.54) is 0 Å². The first-order valence-electron chi connectivity index (χ1n) is 5.78. The molecular weight excluding hydrogens is 238 g/mol. The molecule has 4 heteroatoms. The van der Waals surface area contributed by atoms with Gasteiger partial charge in [-0.2, -0.15) is 0 Å². The first kappa shape index (κ1) is 12.7. The molecule has 0 amide bonds. The number of benzene rings is 1. The molecule has 0 bridgehead atoms. The van der Waals surface area contributed by atoms with E-state index in [9.17, 15) is 0 Å². The zero-order valence-corrected chi connectivity index (χ0v) is 11.0. The standard InChI is InChI=1S/C13H18ClNO2/c1-13(5-6-17-9-13)15-8-10-3-4-12(16-2)11(14)7-10/h3-4,7,15H,5-6,8-9H2,1-2H3. The van der Waals surface area contributed by atoms with Crippen molar-refractivity contribution >= 4 is 11.6 Å². The van der Waals surface area contributed by atoms with E-state index in [2.05, 4.69) is 12.2 Å².